The summed E-state index contributed by atoms with van der Waals surface area (Å²) in [4.78, 5) is 21.9. The molecule has 0 fully saturated rings. The van der Waals surface area contributed by atoms with E-state index in [0.29, 0.717) is 32.1 Å². The molecule has 10 heteroatoms. The smallest absolute Gasteiger partial charge is 0.358 e. The lowest BCUT2D eigenvalue weighted by molar-refractivity contribution is -0.140. The number of carbonyl (C=O) groups is 1. The summed E-state index contributed by atoms with van der Waals surface area (Å²) in [5.41, 5.74) is 0.503. The molecular formula is C19H11F3N4OS2. The van der Waals surface area contributed by atoms with Crippen molar-refractivity contribution in [2.75, 3.05) is 5.32 Å². The van der Waals surface area contributed by atoms with Crippen LogP contribution in [0.5, 0.6) is 0 Å². The second kappa shape index (κ2) is 6.53. The normalized spacial score (nSPS) is 16.4. The van der Waals surface area contributed by atoms with Crippen molar-refractivity contribution in [1.82, 2.24) is 15.3 Å². The van der Waals surface area contributed by atoms with Gasteiger partial charge in [-0.05, 0) is 29.6 Å². The topological polar surface area (TPSA) is 66.9 Å². The number of nitrogens with zero attached hydrogens (tertiary/aromatic N) is 2. The van der Waals surface area contributed by atoms with Gasteiger partial charge in [0.15, 0.2) is 0 Å². The Kier molecular flexibility index (Phi) is 4.07. The average Bonchev–Trinajstić information content (AvgIpc) is 3.35. The number of rotatable bonds is 2. The third-order valence-corrected chi connectivity index (χ3v) is 6.48. The minimum atomic E-state index is -4.59. The maximum absolute atomic E-state index is 13.4. The lowest BCUT2D eigenvalue weighted by Crippen LogP contribution is -2.38. The van der Waals surface area contributed by atoms with Gasteiger partial charge in [-0.2, -0.15) is 13.2 Å². The molecule has 0 saturated heterocycles. The molecule has 1 atom stereocenters. The number of amides is 1. The molecular weight excluding hydrogens is 421 g/mol. The first-order valence-electron chi connectivity index (χ1n) is 8.49. The van der Waals surface area contributed by atoms with Crippen LogP contribution in [0.3, 0.4) is 0 Å². The summed E-state index contributed by atoms with van der Waals surface area (Å²) < 4.78 is 40.3. The zero-order chi connectivity index (χ0) is 20.2. The van der Waals surface area contributed by atoms with E-state index in [9.17, 15) is 18.0 Å². The molecule has 5 rings (SSSR count). The highest BCUT2D eigenvalue weighted by molar-refractivity contribution is 7.21. The van der Waals surface area contributed by atoms with E-state index in [-0.39, 0.29) is 10.7 Å². The highest BCUT2D eigenvalue weighted by Crippen LogP contribution is 2.46. The summed E-state index contributed by atoms with van der Waals surface area (Å²) in [6.07, 6.45) is -3.57. The van der Waals surface area contributed by atoms with Gasteiger partial charge in [-0.15, -0.1) is 22.7 Å². The Morgan fingerprint density at radius 2 is 1.97 bits per heavy atom. The second-order valence-corrected chi connectivity index (χ2v) is 8.27. The zero-order valence-electron chi connectivity index (χ0n) is 14.4. The maximum Gasteiger partial charge on any atom is 0.433 e. The Balaban J connectivity index is 1.75. The molecule has 1 unspecified atom stereocenters. The van der Waals surface area contributed by atoms with E-state index in [4.69, 9.17) is 0 Å². The van der Waals surface area contributed by atoms with Crippen molar-refractivity contribution >= 4 is 44.5 Å². The first kappa shape index (κ1) is 18.1. The number of anilines is 1. The van der Waals surface area contributed by atoms with Crippen molar-refractivity contribution in [3.63, 3.8) is 0 Å². The van der Waals surface area contributed by atoms with Crippen LogP contribution >= 0.6 is 22.7 Å². The standard InChI is InChI=1S/C19H11F3N4OS2/c20-19(21,22)12-8-9(11-5-3-7-28-11)13-14-15(29-18(13)24-12)17(27)26-16(25-14)10-4-1-2-6-23-10/h1-8,16,25H,(H,26,27). The lowest BCUT2D eigenvalue weighted by atomic mass is 10.1. The molecule has 0 bridgehead atoms. The minimum Gasteiger partial charge on any atom is -0.358 e. The SMILES string of the molecule is O=C1NC(c2ccccn2)Nc2c1sc1nc(C(F)(F)F)cc(-c3cccs3)c21. The summed E-state index contributed by atoms with van der Waals surface area (Å²) in [5.74, 6) is -0.372. The van der Waals surface area contributed by atoms with Crippen LogP contribution in [0.15, 0.2) is 48.0 Å². The number of halogens is 3. The van der Waals surface area contributed by atoms with Crippen molar-refractivity contribution in [1.29, 1.82) is 0 Å². The van der Waals surface area contributed by atoms with Gasteiger partial charge in [-0.3, -0.25) is 9.78 Å². The van der Waals surface area contributed by atoms with Crippen molar-refractivity contribution in [3.8, 4) is 10.4 Å². The Labute approximate surface area is 170 Å². The van der Waals surface area contributed by atoms with Crippen LogP contribution in [0.2, 0.25) is 0 Å². The molecule has 4 aromatic heterocycles. The van der Waals surface area contributed by atoms with E-state index in [1.807, 2.05) is 0 Å². The fourth-order valence-electron chi connectivity index (χ4n) is 3.24. The Morgan fingerprint density at radius 1 is 1.10 bits per heavy atom. The van der Waals surface area contributed by atoms with Crippen LogP contribution in [0, 0.1) is 0 Å². The number of hydrogen-bond donors (Lipinski definition) is 2. The van der Waals surface area contributed by atoms with Crippen LogP contribution in [0.4, 0.5) is 18.9 Å². The van der Waals surface area contributed by atoms with Crippen molar-refractivity contribution in [3.05, 3.63) is 64.2 Å². The fourth-order valence-corrected chi connectivity index (χ4v) is 5.05. The first-order valence-corrected chi connectivity index (χ1v) is 10.2. The third kappa shape index (κ3) is 3.04. The molecule has 2 N–H and O–H groups in total. The summed E-state index contributed by atoms with van der Waals surface area (Å²) in [6, 6.07) is 9.89. The molecule has 1 amide bonds. The predicted molar refractivity (Wildman–Crippen MR) is 106 cm³/mol. The molecule has 146 valence electrons. The predicted octanol–water partition coefficient (Wildman–Crippen LogP) is 5.29. The fraction of sp³-hybridized carbons (Fsp3) is 0.105. The monoisotopic (exact) mass is 432 g/mol. The van der Waals surface area contributed by atoms with E-state index < -0.39 is 18.0 Å². The first-order chi connectivity index (χ1) is 13.9. The summed E-state index contributed by atoms with van der Waals surface area (Å²) in [7, 11) is 0. The molecule has 0 radical (unpaired) electrons. The van der Waals surface area contributed by atoms with Gasteiger partial charge in [0, 0.05) is 22.0 Å². The van der Waals surface area contributed by atoms with Crippen LogP contribution in [-0.4, -0.2) is 15.9 Å². The minimum absolute atomic E-state index is 0.164. The number of hydrogen-bond acceptors (Lipinski definition) is 6. The quantitative estimate of drug-likeness (QED) is 0.452. The summed E-state index contributed by atoms with van der Waals surface area (Å²) in [5, 5.41) is 8.33. The van der Waals surface area contributed by atoms with Gasteiger partial charge in [0.2, 0.25) is 0 Å². The Bertz CT molecular complexity index is 1220. The average molecular weight is 432 g/mol. The van der Waals surface area contributed by atoms with E-state index in [0.717, 1.165) is 17.4 Å². The summed E-state index contributed by atoms with van der Waals surface area (Å²) >= 11 is 2.28. The maximum atomic E-state index is 13.4. The highest BCUT2D eigenvalue weighted by atomic mass is 32.1. The van der Waals surface area contributed by atoms with Crippen LogP contribution < -0.4 is 10.6 Å². The van der Waals surface area contributed by atoms with Crippen molar-refractivity contribution < 1.29 is 18.0 Å². The van der Waals surface area contributed by atoms with Gasteiger partial charge >= 0.3 is 6.18 Å². The van der Waals surface area contributed by atoms with Gasteiger partial charge in [0.1, 0.15) is 21.6 Å². The van der Waals surface area contributed by atoms with E-state index in [2.05, 4.69) is 20.6 Å². The van der Waals surface area contributed by atoms with Gasteiger partial charge < -0.3 is 10.6 Å². The number of thiophene rings is 2. The molecule has 4 aromatic rings. The number of aromatic nitrogens is 2. The zero-order valence-corrected chi connectivity index (χ0v) is 16.1. The van der Waals surface area contributed by atoms with Crippen LogP contribution in [-0.2, 0) is 6.18 Å². The van der Waals surface area contributed by atoms with Crippen molar-refractivity contribution in [2.45, 2.75) is 12.3 Å². The van der Waals surface area contributed by atoms with Gasteiger partial charge in [0.05, 0.1) is 11.4 Å². The van der Waals surface area contributed by atoms with Crippen LogP contribution in [0.25, 0.3) is 20.7 Å². The second-order valence-electron chi connectivity index (χ2n) is 6.32. The Morgan fingerprint density at radius 3 is 2.66 bits per heavy atom. The van der Waals surface area contributed by atoms with E-state index in [1.54, 1.807) is 41.9 Å². The van der Waals surface area contributed by atoms with Gasteiger partial charge in [0.25, 0.3) is 5.91 Å². The molecule has 1 aliphatic rings. The molecule has 29 heavy (non-hydrogen) atoms. The summed E-state index contributed by atoms with van der Waals surface area (Å²) in [6.45, 7) is 0. The van der Waals surface area contributed by atoms with Gasteiger partial charge in [-0.1, -0.05) is 12.1 Å². The number of nitrogens with one attached hydrogen (secondary N) is 2. The molecule has 0 spiro atoms. The third-order valence-electron chi connectivity index (χ3n) is 4.49. The van der Waals surface area contributed by atoms with Crippen LogP contribution in [0.1, 0.15) is 27.2 Å². The van der Waals surface area contributed by atoms with Gasteiger partial charge in [-0.25, -0.2) is 4.98 Å². The largest absolute Gasteiger partial charge is 0.433 e. The number of pyridine rings is 2. The Hall–Kier alpha value is -2.98. The molecule has 0 aromatic carbocycles. The number of fused-ring (bicyclic) bond motifs is 3. The molecule has 1 aliphatic heterocycles. The molecule has 5 heterocycles. The lowest BCUT2D eigenvalue weighted by Gasteiger charge is -2.25. The van der Waals surface area contributed by atoms with E-state index >= 15 is 0 Å². The highest BCUT2D eigenvalue weighted by Gasteiger charge is 2.36. The molecule has 5 nitrogen and oxygen atoms in total. The number of alkyl halides is 3. The van der Waals surface area contributed by atoms with Crippen molar-refractivity contribution in [2.24, 2.45) is 0 Å². The number of carbonyl (C=O) groups excluding carboxylic acids is 1. The molecule has 0 aliphatic carbocycles. The molecule has 0 saturated carbocycles. The van der Waals surface area contributed by atoms with E-state index in [1.165, 1.54) is 11.3 Å².